The van der Waals surface area contributed by atoms with Crippen molar-refractivity contribution in [3.63, 3.8) is 0 Å². The second-order valence-electron chi connectivity index (χ2n) is 6.88. The maximum atomic E-state index is 13.2. The first kappa shape index (κ1) is 16.4. The van der Waals surface area contributed by atoms with Gasteiger partial charge in [0.05, 0.1) is 0 Å². The highest BCUT2D eigenvalue weighted by Crippen LogP contribution is 2.59. The van der Waals surface area contributed by atoms with Crippen LogP contribution in [0.4, 0.5) is 9.59 Å². The van der Waals surface area contributed by atoms with E-state index in [-0.39, 0.29) is 12.1 Å². The van der Waals surface area contributed by atoms with Gasteiger partial charge in [0, 0.05) is 39.3 Å². The van der Waals surface area contributed by atoms with Crippen molar-refractivity contribution in [3.05, 3.63) is 71.8 Å². The molecule has 0 aliphatic carbocycles. The molecule has 0 aromatic heterocycles. The van der Waals surface area contributed by atoms with E-state index in [1.165, 1.54) is 0 Å². The third-order valence-corrected chi connectivity index (χ3v) is 5.93. The molecule has 4 rings (SSSR count). The molecule has 2 aliphatic rings. The Morgan fingerprint density at radius 3 is 1.08 bits per heavy atom. The quantitative estimate of drug-likeness (QED) is 0.836. The third kappa shape index (κ3) is 1.53. The van der Waals surface area contributed by atoms with E-state index in [1.54, 1.807) is 47.8 Å². The van der Waals surface area contributed by atoms with Crippen LogP contribution in [0.2, 0.25) is 0 Å². The minimum Gasteiger partial charge on any atom is -0.296 e. The van der Waals surface area contributed by atoms with E-state index in [4.69, 9.17) is 0 Å². The Hall–Kier alpha value is -3.02. The van der Waals surface area contributed by atoms with Crippen LogP contribution in [0.3, 0.4) is 0 Å². The molecular weight excluding hydrogens is 328 g/mol. The first-order valence-corrected chi connectivity index (χ1v) is 8.56. The number of urea groups is 2. The van der Waals surface area contributed by atoms with Crippen molar-refractivity contribution in [2.75, 3.05) is 28.2 Å². The summed E-state index contributed by atoms with van der Waals surface area (Å²) in [7, 11) is 7.05. The van der Waals surface area contributed by atoms with Crippen molar-refractivity contribution < 1.29 is 9.59 Å². The normalized spacial score (nSPS) is 28.2. The lowest BCUT2D eigenvalue weighted by molar-refractivity contribution is -0.0475. The Bertz CT molecular complexity index is 770. The molecule has 0 bridgehead atoms. The molecular formula is C20H22N4O2. The van der Waals surface area contributed by atoms with Crippen LogP contribution in [0.15, 0.2) is 60.7 Å². The predicted octanol–water partition coefficient (Wildman–Crippen LogP) is 2.69. The number of hydrogen-bond donors (Lipinski definition) is 0. The zero-order valence-corrected chi connectivity index (χ0v) is 15.4. The monoisotopic (exact) mass is 350 g/mol. The highest BCUT2D eigenvalue weighted by atomic mass is 16.2. The molecule has 2 aromatic carbocycles. The van der Waals surface area contributed by atoms with Crippen molar-refractivity contribution in [2.45, 2.75) is 11.3 Å². The smallest absolute Gasteiger partial charge is 0.296 e. The van der Waals surface area contributed by atoms with E-state index < -0.39 is 11.3 Å². The Kier molecular flexibility index (Phi) is 3.31. The number of hydrogen-bond acceptors (Lipinski definition) is 2. The maximum absolute atomic E-state index is 13.2. The molecule has 6 nitrogen and oxygen atoms in total. The second kappa shape index (κ2) is 5.24. The number of carbonyl (C=O) groups excluding carboxylic acids is 2. The van der Waals surface area contributed by atoms with Crippen molar-refractivity contribution in [3.8, 4) is 0 Å². The Labute approximate surface area is 153 Å². The summed E-state index contributed by atoms with van der Waals surface area (Å²) >= 11 is 0. The van der Waals surface area contributed by atoms with Gasteiger partial charge in [-0.05, 0) is 0 Å². The third-order valence-electron chi connectivity index (χ3n) is 5.93. The van der Waals surface area contributed by atoms with Gasteiger partial charge in [0.25, 0.3) is 0 Å². The van der Waals surface area contributed by atoms with E-state index in [9.17, 15) is 9.59 Å². The molecule has 0 saturated carbocycles. The molecule has 0 N–H and O–H groups in total. The fraction of sp³-hybridized carbons (Fsp3) is 0.300. The summed E-state index contributed by atoms with van der Waals surface area (Å²) < 4.78 is 0. The van der Waals surface area contributed by atoms with Gasteiger partial charge in [0.15, 0.2) is 11.3 Å². The fourth-order valence-corrected chi connectivity index (χ4v) is 4.91. The van der Waals surface area contributed by atoms with Crippen LogP contribution in [0.1, 0.15) is 11.1 Å². The van der Waals surface area contributed by atoms with E-state index in [0.717, 1.165) is 11.1 Å². The van der Waals surface area contributed by atoms with Crippen LogP contribution in [0, 0.1) is 0 Å². The van der Waals surface area contributed by atoms with Crippen LogP contribution < -0.4 is 0 Å². The molecule has 0 radical (unpaired) electrons. The molecule has 0 atom stereocenters. The van der Waals surface area contributed by atoms with E-state index >= 15 is 0 Å². The number of carbonyl (C=O) groups is 2. The number of nitrogens with zero attached hydrogens (tertiary/aromatic N) is 4. The summed E-state index contributed by atoms with van der Waals surface area (Å²) in [6.45, 7) is 0. The van der Waals surface area contributed by atoms with Gasteiger partial charge in [-0.25, -0.2) is 9.59 Å². The van der Waals surface area contributed by atoms with Gasteiger partial charge in [-0.1, -0.05) is 60.7 Å². The fourth-order valence-electron chi connectivity index (χ4n) is 4.91. The zero-order valence-electron chi connectivity index (χ0n) is 15.4. The SMILES string of the molecule is CN1C(=O)N(C)C2(c3ccccc3)N(C)C(=O)N(C)C12c1ccccc1. The molecule has 134 valence electrons. The lowest BCUT2D eigenvalue weighted by Crippen LogP contribution is -2.61. The molecule has 4 amide bonds. The van der Waals surface area contributed by atoms with Gasteiger partial charge in [0.1, 0.15) is 0 Å². The van der Waals surface area contributed by atoms with Crippen molar-refractivity contribution >= 4 is 12.1 Å². The summed E-state index contributed by atoms with van der Waals surface area (Å²) in [4.78, 5) is 33.0. The van der Waals surface area contributed by atoms with Crippen LogP contribution >= 0.6 is 0 Å². The molecule has 6 heteroatoms. The lowest BCUT2D eigenvalue weighted by Gasteiger charge is -2.47. The van der Waals surface area contributed by atoms with Gasteiger partial charge in [0.2, 0.25) is 0 Å². The van der Waals surface area contributed by atoms with Crippen molar-refractivity contribution in [1.82, 2.24) is 19.6 Å². The van der Waals surface area contributed by atoms with Crippen molar-refractivity contribution in [1.29, 1.82) is 0 Å². The van der Waals surface area contributed by atoms with Crippen LogP contribution in [-0.2, 0) is 11.3 Å². The number of rotatable bonds is 2. The molecule has 26 heavy (non-hydrogen) atoms. The topological polar surface area (TPSA) is 47.1 Å². The minimum absolute atomic E-state index is 0.135. The average molecular weight is 350 g/mol. The highest BCUT2D eigenvalue weighted by molar-refractivity contribution is 5.89. The first-order valence-electron chi connectivity index (χ1n) is 8.56. The number of amides is 4. The molecule has 2 heterocycles. The number of benzene rings is 2. The van der Waals surface area contributed by atoms with Crippen LogP contribution in [0.25, 0.3) is 0 Å². The summed E-state index contributed by atoms with van der Waals surface area (Å²) in [5.74, 6) is 0. The first-order chi connectivity index (χ1) is 12.4. The summed E-state index contributed by atoms with van der Waals surface area (Å²) in [5.41, 5.74) is -0.172. The van der Waals surface area contributed by atoms with E-state index in [0.29, 0.717) is 0 Å². The number of fused-ring (bicyclic) bond motifs is 1. The molecule has 0 spiro atoms. The summed E-state index contributed by atoms with van der Waals surface area (Å²) in [5, 5.41) is 0. The highest BCUT2D eigenvalue weighted by Gasteiger charge is 2.76. The molecule has 2 aliphatic heterocycles. The largest absolute Gasteiger partial charge is 0.324 e. The van der Waals surface area contributed by atoms with Gasteiger partial charge >= 0.3 is 12.1 Å². The summed E-state index contributed by atoms with van der Waals surface area (Å²) in [6, 6.07) is 19.3. The Balaban J connectivity index is 2.16. The standard InChI is InChI=1S/C20H22N4O2/c1-21-17(25)22(2)20(16-13-9-6-10-14-16)19(21,15-11-7-5-8-12-15)23(3)18(26)24(20)4/h5-14H,1-4H3. The second-order valence-corrected chi connectivity index (χ2v) is 6.88. The molecule has 2 saturated heterocycles. The van der Waals surface area contributed by atoms with E-state index in [1.807, 2.05) is 60.7 Å². The maximum Gasteiger partial charge on any atom is 0.324 e. The number of likely N-dealkylation sites (N-methyl/N-ethyl adjacent to an activating group) is 4. The Morgan fingerprint density at radius 1 is 0.538 bits per heavy atom. The summed E-state index contributed by atoms with van der Waals surface area (Å²) in [6.07, 6.45) is 0. The molecule has 2 aromatic rings. The lowest BCUT2D eigenvalue weighted by atomic mass is 9.80. The zero-order chi connectivity index (χ0) is 18.7. The molecule has 2 fully saturated rings. The van der Waals surface area contributed by atoms with Crippen LogP contribution in [0.5, 0.6) is 0 Å². The van der Waals surface area contributed by atoms with Crippen molar-refractivity contribution in [2.24, 2.45) is 0 Å². The minimum atomic E-state index is -0.979. The van der Waals surface area contributed by atoms with E-state index in [2.05, 4.69) is 0 Å². The van der Waals surface area contributed by atoms with Gasteiger partial charge in [-0.2, -0.15) is 0 Å². The van der Waals surface area contributed by atoms with Gasteiger partial charge in [-0.15, -0.1) is 0 Å². The van der Waals surface area contributed by atoms with Crippen LogP contribution in [-0.4, -0.2) is 59.9 Å². The average Bonchev–Trinajstić information content (AvgIpc) is 2.98. The predicted molar refractivity (Wildman–Crippen MR) is 98.1 cm³/mol. The Morgan fingerprint density at radius 2 is 0.808 bits per heavy atom. The molecule has 0 unspecified atom stereocenters. The van der Waals surface area contributed by atoms with Gasteiger partial charge in [-0.3, -0.25) is 19.6 Å². The van der Waals surface area contributed by atoms with Gasteiger partial charge < -0.3 is 0 Å².